The molecule has 0 N–H and O–H groups in total. The molecule has 0 saturated carbocycles. The minimum absolute atomic E-state index is 0.684. The van der Waals surface area contributed by atoms with Gasteiger partial charge in [0.25, 0.3) is 0 Å². The zero-order valence-corrected chi connectivity index (χ0v) is 17.6. The van der Waals surface area contributed by atoms with Gasteiger partial charge in [0.05, 0.1) is 0 Å². The highest BCUT2D eigenvalue weighted by Crippen LogP contribution is 2.26. The van der Waals surface area contributed by atoms with Crippen molar-refractivity contribution in [2.75, 3.05) is 0 Å². The van der Waals surface area contributed by atoms with E-state index in [1.165, 1.54) is 43.3 Å². The fourth-order valence-corrected chi connectivity index (χ4v) is 4.02. The van der Waals surface area contributed by atoms with Gasteiger partial charge in [0.2, 0.25) is 0 Å². The fourth-order valence-electron chi connectivity index (χ4n) is 4.02. The molecule has 0 aromatic carbocycles. The van der Waals surface area contributed by atoms with E-state index >= 15 is 0 Å². The molecule has 0 aromatic rings. The fraction of sp³-hybridized carbons (Fsp3) is 0.826. The van der Waals surface area contributed by atoms with E-state index in [1.807, 2.05) is 0 Å². The lowest BCUT2D eigenvalue weighted by molar-refractivity contribution is 0.317. The van der Waals surface area contributed by atoms with Crippen LogP contribution < -0.4 is 0 Å². The molecule has 0 bridgehead atoms. The minimum Gasteiger partial charge on any atom is -0.0787 e. The molecule has 0 rings (SSSR count). The summed E-state index contributed by atoms with van der Waals surface area (Å²) in [5.41, 5.74) is 2.95. The van der Waals surface area contributed by atoms with E-state index in [9.17, 15) is 0 Å². The summed E-state index contributed by atoms with van der Waals surface area (Å²) in [5, 5.41) is 0. The van der Waals surface area contributed by atoms with Crippen LogP contribution in [0.2, 0.25) is 0 Å². The van der Waals surface area contributed by atoms with E-state index in [0.717, 1.165) is 23.7 Å². The summed E-state index contributed by atoms with van der Waals surface area (Å²) in [6.07, 6.45) is 11.5. The van der Waals surface area contributed by atoms with E-state index in [4.69, 9.17) is 0 Å². The van der Waals surface area contributed by atoms with Crippen LogP contribution in [-0.2, 0) is 0 Å². The van der Waals surface area contributed by atoms with E-state index in [0.29, 0.717) is 5.92 Å². The van der Waals surface area contributed by atoms with Crippen LogP contribution in [-0.4, -0.2) is 0 Å². The lowest BCUT2D eigenvalue weighted by Gasteiger charge is -2.21. The Balaban J connectivity index is 4.35. The molecule has 4 atom stereocenters. The predicted molar refractivity (Wildman–Crippen MR) is 108 cm³/mol. The molecule has 0 saturated heterocycles. The molecule has 0 heteroatoms. The van der Waals surface area contributed by atoms with Gasteiger partial charge in [-0.1, -0.05) is 78.2 Å². The van der Waals surface area contributed by atoms with Crippen molar-refractivity contribution in [3.05, 3.63) is 23.3 Å². The van der Waals surface area contributed by atoms with Crippen molar-refractivity contribution < 1.29 is 0 Å². The third kappa shape index (κ3) is 12.6. The van der Waals surface area contributed by atoms with Crippen LogP contribution >= 0.6 is 0 Å². The molecule has 0 aliphatic carbocycles. The number of hydrogen-bond donors (Lipinski definition) is 0. The zero-order chi connectivity index (χ0) is 18.0. The second-order valence-electron chi connectivity index (χ2n) is 8.91. The molecule has 136 valence electrons. The van der Waals surface area contributed by atoms with Crippen LogP contribution in [0.15, 0.2) is 23.3 Å². The Bertz CT molecular complexity index is 358. The van der Waals surface area contributed by atoms with Gasteiger partial charge in [-0.25, -0.2) is 0 Å². The third-order valence-electron chi connectivity index (χ3n) is 4.83. The quantitative estimate of drug-likeness (QED) is 0.338. The van der Waals surface area contributed by atoms with Crippen molar-refractivity contribution in [1.29, 1.82) is 0 Å². The van der Waals surface area contributed by atoms with Gasteiger partial charge in [-0.2, -0.15) is 0 Å². The lowest BCUT2D eigenvalue weighted by Crippen LogP contribution is -2.09. The highest BCUT2D eigenvalue weighted by Gasteiger charge is 2.13. The highest BCUT2D eigenvalue weighted by atomic mass is 14.2. The van der Waals surface area contributed by atoms with Gasteiger partial charge >= 0.3 is 0 Å². The first-order valence-electron chi connectivity index (χ1n) is 9.99. The molecule has 23 heavy (non-hydrogen) atoms. The first-order valence-corrected chi connectivity index (χ1v) is 9.99. The summed E-state index contributed by atoms with van der Waals surface area (Å²) in [6.45, 7) is 21.1. The van der Waals surface area contributed by atoms with Crippen LogP contribution in [0.3, 0.4) is 0 Å². The van der Waals surface area contributed by atoms with Crippen molar-refractivity contribution in [3.8, 4) is 0 Å². The van der Waals surface area contributed by atoms with Crippen LogP contribution in [0.25, 0.3) is 0 Å². The minimum atomic E-state index is 0.684. The summed E-state index contributed by atoms with van der Waals surface area (Å²) in [6, 6.07) is 0. The first-order chi connectivity index (χ1) is 10.6. The molecular formula is C23H44. The van der Waals surface area contributed by atoms with Crippen molar-refractivity contribution in [3.63, 3.8) is 0 Å². The van der Waals surface area contributed by atoms with Crippen molar-refractivity contribution in [2.24, 2.45) is 29.6 Å². The summed E-state index contributed by atoms with van der Waals surface area (Å²) in [4.78, 5) is 0. The summed E-state index contributed by atoms with van der Waals surface area (Å²) in [5.74, 6) is 4.01. The molecular weight excluding hydrogens is 276 g/mol. The molecule has 0 aliphatic heterocycles. The largest absolute Gasteiger partial charge is 0.0787 e. The molecule has 0 amide bonds. The maximum Gasteiger partial charge on any atom is -0.0254 e. The number of allylic oxidation sites excluding steroid dienone is 4. The van der Waals surface area contributed by atoms with Gasteiger partial charge in [-0.3, -0.25) is 0 Å². The maximum absolute atomic E-state index is 2.47. The molecule has 0 spiro atoms. The Labute approximate surface area is 147 Å². The summed E-state index contributed by atoms with van der Waals surface area (Å²) >= 11 is 0. The smallest absolute Gasteiger partial charge is 0.0254 e. The number of hydrogen-bond acceptors (Lipinski definition) is 0. The average Bonchev–Trinajstić information content (AvgIpc) is 2.35. The molecule has 4 unspecified atom stereocenters. The SMILES string of the molecule is CCC(C)CC(C)CC(C)CC(C)/C=C(C)/C=C(/C)CC(C)C. The Morgan fingerprint density at radius 1 is 0.783 bits per heavy atom. The first kappa shape index (κ1) is 22.5. The van der Waals surface area contributed by atoms with E-state index in [1.54, 1.807) is 0 Å². The Kier molecular flexibility index (Phi) is 11.7. The van der Waals surface area contributed by atoms with Crippen LogP contribution in [0.1, 0.15) is 94.4 Å². The van der Waals surface area contributed by atoms with Crippen molar-refractivity contribution >= 4 is 0 Å². The van der Waals surface area contributed by atoms with E-state index in [2.05, 4.69) is 74.5 Å². The van der Waals surface area contributed by atoms with Crippen LogP contribution in [0.4, 0.5) is 0 Å². The summed E-state index contributed by atoms with van der Waals surface area (Å²) < 4.78 is 0. The molecule has 0 aromatic heterocycles. The van der Waals surface area contributed by atoms with Gasteiger partial charge in [0, 0.05) is 0 Å². The Hall–Kier alpha value is -0.520. The third-order valence-corrected chi connectivity index (χ3v) is 4.83. The van der Waals surface area contributed by atoms with Gasteiger partial charge in [0.15, 0.2) is 0 Å². The second kappa shape index (κ2) is 11.9. The molecule has 0 radical (unpaired) electrons. The van der Waals surface area contributed by atoms with Gasteiger partial charge in [0.1, 0.15) is 0 Å². The normalized spacial score (nSPS) is 18.9. The topological polar surface area (TPSA) is 0 Å². The highest BCUT2D eigenvalue weighted by molar-refractivity contribution is 5.21. The van der Waals surface area contributed by atoms with Crippen molar-refractivity contribution in [1.82, 2.24) is 0 Å². The molecule has 0 aliphatic rings. The van der Waals surface area contributed by atoms with Gasteiger partial charge in [-0.15, -0.1) is 0 Å². The van der Waals surface area contributed by atoms with Crippen LogP contribution in [0.5, 0.6) is 0 Å². The predicted octanol–water partition coefficient (Wildman–Crippen LogP) is 8.05. The second-order valence-corrected chi connectivity index (χ2v) is 8.91. The molecule has 0 nitrogen and oxygen atoms in total. The Morgan fingerprint density at radius 3 is 1.83 bits per heavy atom. The monoisotopic (exact) mass is 320 g/mol. The zero-order valence-electron chi connectivity index (χ0n) is 17.6. The summed E-state index contributed by atoms with van der Waals surface area (Å²) in [7, 11) is 0. The Morgan fingerprint density at radius 2 is 1.30 bits per heavy atom. The van der Waals surface area contributed by atoms with Crippen LogP contribution in [0, 0.1) is 29.6 Å². The standard InChI is InChI=1S/C23H44/c1-10-18(4)12-20(6)14-22(8)16-23(9)15-21(7)13-19(5)11-17(2)3/h13,15,17-18,20,22-23H,10-12,14,16H2,1-9H3/b19-13-,21-15+. The van der Waals surface area contributed by atoms with E-state index in [-0.39, 0.29) is 0 Å². The molecule has 0 heterocycles. The van der Waals surface area contributed by atoms with Gasteiger partial charge in [-0.05, 0) is 69.1 Å². The maximum atomic E-state index is 2.47. The van der Waals surface area contributed by atoms with Crippen molar-refractivity contribution in [2.45, 2.75) is 94.4 Å². The van der Waals surface area contributed by atoms with E-state index < -0.39 is 0 Å². The number of rotatable bonds is 11. The average molecular weight is 321 g/mol. The van der Waals surface area contributed by atoms with Gasteiger partial charge < -0.3 is 0 Å². The lowest BCUT2D eigenvalue weighted by atomic mass is 9.84. The molecule has 0 fully saturated rings.